The molecule has 0 radical (unpaired) electrons. The predicted octanol–water partition coefficient (Wildman–Crippen LogP) is 3.73. The highest BCUT2D eigenvalue weighted by Gasteiger charge is 2.46. The third-order valence-corrected chi connectivity index (χ3v) is 7.98. The van der Waals surface area contributed by atoms with Gasteiger partial charge in [-0.15, -0.1) is 0 Å². The van der Waals surface area contributed by atoms with Gasteiger partial charge in [0.1, 0.15) is 23.0 Å². The van der Waals surface area contributed by atoms with Gasteiger partial charge in [-0.05, 0) is 50.8 Å². The highest BCUT2D eigenvalue weighted by atomic mass is 19.1. The summed E-state index contributed by atoms with van der Waals surface area (Å²) in [6, 6.07) is 6.89. The fourth-order valence-corrected chi connectivity index (χ4v) is 5.70. The molecule has 1 aromatic carbocycles. The number of nitrogens with zero attached hydrogens (tertiary/aromatic N) is 2. The van der Waals surface area contributed by atoms with Crippen LogP contribution in [-0.4, -0.2) is 77.7 Å². The number of carboxylic acid groups (broad SMARTS) is 1. The van der Waals surface area contributed by atoms with Gasteiger partial charge in [-0.25, -0.2) is 4.39 Å². The van der Waals surface area contributed by atoms with Gasteiger partial charge in [-0.2, -0.15) is 0 Å². The van der Waals surface area contributed by atoms with Crippen LogP contribution in [0.4, 0.5) is 4.39 Å². The molecule has 5 rings (SSSR count). The molecular weight excluding hydrogens is 545 g/mol. The van der Waals surface area contributed by atoms with E-state index >= 15 is 4.39 Å². The van der Waals surface area contributed by atoms with E-state index in [1.165, 1.54) is 6.08 Å². The first-order valence-electron chi connectivity index (χ1n) is 14.1. The number of carboxylic acids is 1. The third kappa shape index (κ3) is 5.86. The van der Waals surface area contributed by atoms with Gasteiger partial charge < -0.3 is 34.4 Å². The number of aliphatic carboxylic acids is 1. The summed E-state index contributed by atoms with van der Waals surface area (Å²) in [5.41, 5.74) is 0.804. The Balaban J connectivity index is 1.24. The van der Waals surface area contributed by atoms with Crippen molar-refractivity contribution < 1.29 is 38.1 Å². The van der Waals surface area contributed by atoms with Gasteiger partial charge in [0, 0.05) is 30.8 Å². The summed E-state index contributed by atoms with van der Waals surface area (Å²) < 4.78 is 32.4. The molecule has 0 saturated carbocycles. The number of allylic oxidation sites excluding steroid dienone is 4. The number of para-hydroxylation sites is 1. The first-order valence-corrected chi connectivity index (χ1v) is 14.1. The number of piperidine rings is 1. The average Bonchev–Trinajstić information content (AvgIpc) is 2.97. The molecule has 0 spiro atoms. The molecule has 42 heavy (non-hydrogen) atoms. The number of methoxy groups -OCH3 is 1. The number of ether oxygens (including phenoxy) is 3. The van der Waals surface area contributed by atoms with Crippen molar-refractivity contribution in [1.29, 1.82) is 0 Å². The molecule has 3 aliphatic heterocycles. The number of dihydropyridines is 1. The lowest BCUT2D eigenvalue weighted by atomic mass is 9.89. The molecule has 3 heterocycles. The van der Waals surface area contributed by atoms with Crippen LogP contribution in [0.3, 0.4) is 0 Å². The van der Waals surface area contributed by atoms with Crippen molar-refractivity contribution in [3.05, 3.63) is 71.2 Å². The summed E-state index contributed by atoms with van der Waals surface area (Å²) in [5.74, 6) is -1.17. The zero-order valence-corrected chi connectivity index (χ0v) is 24.0. The molecule has 10 nitrogen and oxygen atoms in total. The minimum atomic E-state index is -1.04. The maximum Gasteiger partial charge on any atom is 0.306 e. The van der Waals surface area contributed by atoms with Gasteiger partial charge >= 0.3 is 5.97 Å². The fourth-order valence-electron chi connectivity index (χ4n) is 5.70. The second-order valence-electron chi connectivity index (χ2n) is 11.2. The van der Waals surface area contributed by atoms with Gasteiger partial charge in [0.2, 0.25) is 11.8 Å². The largest absolute Gasteiger partial charge is 0.499 e. The van der Waals surface area contributed by atoms with Gasteiger partial charge in [0.15, 0.2) is 5.60 Å². The molecule has 2 amide bonds. The lowest BCUT2D eigenvalue weighted by Gasteiger charge is -2.46. The molecule has 0 aromatic heterocycles. The summed E-state index contributed by atoms with van der Waals surface area (Å²) in [6.07, 6.45) is 6.12. The molecule has 2 N–H and O–H groups in total. The van der Waals surface area contributed by atoms with E-state index in [1.54, 1.807) is 55.0 Å². The van der Waals surface area contributed by atoms with Crippen LogP contribution in [0.25, 0.3) is 5.57 Å². The molecule has 1 saturated heterocycles. The Labute approximate surface area is 244 Å². The van der Waals surface area contributed by atoms with Crippen LogP contribution in [0.5, 0.6) is 5.75 Å². The summed E-state index contributed by atoms with van der Waals surface area (Å²) in [6.45, 7) is 4.72. The van der Waals surface area contributed by atoms with Crippen LogP contribution >= 0.6 is 0 Å². The molecule has 1 fully saturated rings. The zero-order valence-electron chi connectivity index (χ0n) is 24.0. The van der Waals surface area contributed by atoms with E-state index in [-0.39, 0.29) is 37.3 Å². The zero-order chi connectivity index (χ0) is 30.0. The van der Waals surface area contributed by atoms with Crippen molar-refractivity contribution in [2.24, 2.45) is 5.92 Å². The van der Waals surface area contributed by atoms with E-state index in [0.717, 1.165) is 0 Å². The third-order valence-electron chi connectivity index (χ3n) is 7.98. The van der Waals surface area contributed by atoms with E-state index < -0.39 is 23.3 Å². The quantitative estimate of drug-likeness (QED) is 0.477. The number of carbonyl (C=O) groups excluding carboxylic acids is 2. The number of rotatable bonds is 8. The topological polar surface area (TPSA) is 118 Å². The fraction of sp³-hybridized carbons (Fsp3) is 0.452. The van der Waals surface area contributed by atoms with E-state index in [1.807, 2.05) is 12.2 Å². The molecule has 1 unspecified atom stereocenters. The number of likely N-dealkylation sites (tertiary alicyclic amines) is 1. The Kier molecular flexibility index (Phi) is 8.29. The first-order chi connectivity index (χ1) is 20.1. The van der Waals surface area contributed by atoms with Crippen LogP contribution in [0, 0.1) is 5.92 Å². The lowest BCUT2D eigenvalue weighted by Crippen LogP contribution is -2.58. The number of halogens is 1. The minimum Gasteiger partial charge on any atom is -0.499 e. The molecule has 1 aromatic rings. The second-order valence-corrected chi connectivity index (χ2v) is 11.2. The predicted molar refractivity (Wildman–Crippen MR) is 151 cm³/mol. The maximum atomic E-state index is 15.4. The normalized spacial score (nSPS) is 22.2. The van der Waals surface area contributed by atoms with Crippen molar-refractivity contribution in [2.75, 3.05) is 33.4 Å². The second kappa shape index (κ2) is 11.9. The average molecular weight is 582 g/mol. The Morgan fingerprint density at radius 1 is 1.19 bits per heavy atom. The highest BCUT2D eigenvalue weighted by Crippen LogP contribution is 2.38. The highest BCUT2D eigenvalue weighted by molar-refractivity contribution is 5.89. The Hall–Kier alpha value is -4.28. The SMILES string of the molecule is COC1=CC2=C(NC1)OC(C)(C)C(=O)N2C1CCN(C(=O)C2CC=C(c3ccccc3OCCC(=O)O)C=C2F)CC1. The summed E-state index contributed by atoms with van der Waals surface area (Å²) in [5, 5.41) is 12.1. The van der Waals surface area contributed by atoms with Gasteiger partial charge in [-0.1, -0.05) is 24.3 Å². The van der Waals surface area contributed by atoms with Gasteiger partial charge in [-0.3, -0.25) is 14.4 Å². The van der Waals surface area contributed by atoms with Crippen LogP contribution < -0.4 is 10.1 Å². The number of hydrogen-bond acceptors (Lipinski definition) is 7. The van der Waals surface area contributed by atoms with E-state index in [9.17, 15) is 14.4 Å². The Bertz CT molecular complexity index is 1390. The summed E-state index contributed by atoms with van der Waals surface area (Å²) >= 11 is 0. The van der Waals surface area contributed by atoms with Crippen molar-refractivity contribution in [1.82, 2.24) is 15.1 Å². The van der Waals surface area contributed by atoms with Crippen molar-refractivity contribution in [3.63, 3.8) is 0 Å². The molecule has 1 atom stereocenters. The number of benzene rings is 1. The van der Waals surface area contributed by atoms with Crippen LogP contribution in [0.15, 0.2) is 65.7 Å². The standard InChI is InChI=1S/C31H36FN3O7/c1-31(2)30(39)35(25-17-21(40-3)18-33-28(25)42-31)20-10-13-34(14-11-20)29(38)23-9-8-19(16-24(23)32)22-6-4-5-7-26(22)41-15-12-27(36)37/h4-8,16-17,20,23,33H,9-15,18H2,1-3H3,(H,36,37). The minimum absolute atomic E-state index is 0.00459. The summed E-state index contributed by atoms with van der Waals surface area (Å²) in [4.78, 5) is 41.2. The van der Waals surface area contributed by atoms with Gasteiger partial charge in [0.05, 0.1) is 32.6 Å². The smallest absolute Gasteiger partial charge is 0.306 e. The summed E-state index contributed by atoms with van der Waals surface area (Å²) in [7, 11) is 1.58. The molecule has 1 aliphatic carbocycles. The Morgan fingerprint density at radius 2 is 1.93 bits per heavy atom. The van der Waals surface area contributed by atoms with E-state index in [4.69, 9.17) is 19.3 Å². The van der Waals surface area contributed by atoms with Crippen molar-refractivity contribution >= 4 is 23.4 Å². The van der Waals surface area contributed by atoms with Crippen molar-refractivity contribution in [2.45, 2.75) is 51.2 Å². The van der Waals surface area contributed by atoms with Crippen molar-refractivity contribution in [3.8, 4) is 5.75 Å². The van der Waals surface area contributed by atoms with E-state index in [2.05, 4.69) is 5.32 Å². The molecule has 11 heteroatoms. The number of carbonyl (C=O) groups is 3. The Morgan fingerprint density at radius 3 is 2.62 bits per heavy atom. The number of amides is 2. The monoisotopic (exact) mass is 581 g/mol. The first kappa shape index (κ1) is 29.2. The van der Waals surface area contributed by atoms with Crippen LogP contribution in [0.1, 0.15) is 45.1 Å². The lowest BCUT2D eigenvalue weighted by molar-refractivity contribution is -0.157. The molecule has 4 aliphatic rings. The number of hydrogen-bond donors (Lipinski definition) is 2. The number of nitrogens with one attached hydrogen (secondary N) is 1. The molecular formula is C31H36FN3O7. The van der Waals surface area contributed by atoms with E-state index in [0.29, 0.717) is 66.7 Å². The molecule has 224 valence electrons. The van der Waals surface area contributed by atoms with Crippen LogP contribution in [-0.2, 0) is 23.9 Å². The van der Waals surface area contributed by atoms with Crippen LogP contribution in [0.2, 0.25) is 0 Å². The maximum absolute atomic E-state index is 15.4. The van der Waals surface area contributed by atoms with Gasteiger partial charge in [0.25, 0.3) is 5.91 Å². The molecule has 0 bridgehead atoms.